The van der Waals surface area contributed by atoms with E-state index in [2.05, 4.69) is 6.92 Å². The number of carbonyl (C=O) groups is 1. The molecule has 0 aliphatic rings. The molecule has 0 unspecified atom stereocenters. The van der Waals surface area contributed by atoms with Crippen molar-refractivity contribution in [3.63, 3.8) is 0 Å². The number of hydrogen-bond acceptors (Lipinski definition) is 3. The summed E-state index contributed by atoms with van der Waals surface area (Å²) in [5, 5.41) is 0. The maximum Gasteiger partial charge on any atom is 0.137 e. The smallest absolute Gasteiger partial charge is 0.137 e. The molecule has 0 aromatic heterocycles. The molecule has 0 atom stereocenters. The Morgan fingerprint density at radius 2 is 1.85 bits per heavy atom. The highest BCUT2D eigenvalue weighted by Gasteiger charge is 2.00. The van der Waals surface area contributed by atoms with Crippen molar-refractivity contribution >= 4 is 5.78 Å². The SMILES string of the molecule is CCCCOCCC(=O)CCOC. The van der Waals surface area contributed by atoms with Crippen molar-refractivity contribution in [2.24, 2.45) is 0 Å². The van der Waals surface area contributed by atoms with Crippen molar-refractivity contribution in [3.05, 3.63) is 0 Å². The van der Waals surface area contributed by atoms with Crippen LogP contribution in [0, 0.1) is 0 Å². The average Bonchev–Trinajstić information content (AvgIpc) is 2.14. The van der Waals surface area contributed by atoms with Crippen molar-refractivity contribution in [3.8, 4) is 0 Å². The monoisotopic (exact) mass is 188 g/mol. The quantitative estimate of drug-likeness (QED) is 0.517. The van der Waals surface area contributed by atoms with Gasteiger partial charge in [-0.15, -0.1) is 0 Å². The number of Topliss-reactive ketones (excluding diaryl/α,β-unsaturated/α-hetero) is 1. The molecule has 0 fully saturated rings. The van der Waals surface area contributed by atoms with Gasteiger partial charge < -0.3 is 9.47 Å². The third kappa shape index (κ3) is 9.50. The van der Waals surface area contributed by atoms with Crippen molar-refractivity contribution in [1.29, 1.82) is 0 Å². The summed E-state index contributed by atoms with van der Waals surface area (Å²) >= 11 is 0. The van der Waals surface area contributed by atoms with Gasteiger partial charge in [-0.05, 0) is 6.42 Å². The second-order valence-corrected chi connectivity index (χ2v) is 3.00. The van der Waals surface area contributed by atoms with E-state index in [4.69, 9.17) is 9.47 Å². The zero-order valence-corrected chi connectivity index (χ0v) is 8.67. The van der Waals surface area contributed by atoms with Crippen LogP contribution in [0.25, 0.3) is 0 Å². The van der Waals surface area contributed by atoms with Crippen molar-refractivity contribution < 1.29 is 14.3 Å². The molecule has 0 radical (unpaired) electrons. The molecule has 0 spiro atoms. The Balaban J connectivity index is 3.08. The topological polar surface area (TPSA) is 35.5 Å². The van der Waals surface area contributed by atoms with E-state index in [1.807, 2.05) is 0 Å². The van der Waals surface area contributed by atoms with Crippen LogP contribution in [0.5, 0.6) is 0 Å². The molecular formula is C10H20O3. The molecule has 0 N–H and O–H groups in total. The molecule has 13 heavy (non-hydrogen) atoms. The largest absolute Gasteiger partial charge is 0.384 e. The zero-order chi connectivity index (χ0) is 9.94. The molecule has 0 aromatic carbocycles. The van der Waals surface area contributed by atoms with E-state index in [9.17, 15) is 4.79 Å². The molecule has 0 saturated heterocycles. The maximum absolute atomic E-state index is 11.1. The molecule has 0 bridgehead atoms. The Kier molecular flexibility index (Phi) is 9.37. The number of hydrogen-bond donors (Lipinski definition) is 0. The summed E-state index contributed by atoms with van der Waals surface area (Å²) in [6, 6.07) is 0. The first-order chi connectivity index (χ1) is 6.31. The van der Waals surface area contributed by atoms with Gasteiger partial charge in [-0.3, -0.25) is 4.79 Å². The van der Waals surface area contributed by atoms with Crippen molar-refractivity contribution in [1.82, 2.24) is 0 Å². The van der Waals surface area contributed by atoms with Crippen LogP contribution in [0.4, 0.5) is 0 Å². The summed E-state index contributed by atoms with van der Waals surface area (Å²) in [5.41, 5.74) is 0. The second kappa shape index (κ2) is 9.68. The zero-order valence-electron chi connectivity index (χ0n) is 8.67. The van der Waals surface area contributed by atoms with E-state index in [0.717, 1.165) is 19.4 Å². The van der Waals surface area contributed by atoms with Crippen LogP contribution in [-0.2, 0) is 14.3 Å². The molecule has 0 saturated carbocycles. The summed E-state index contributed by atoms with van der Waals surface area (Å²) in [7, 11) is 1.60. The molecule has 3 heteroatoms. The summed E-state index contributed by atoms with van der Waals surface area (Å²) in [4.78, 5) is 11.1. The van der Waals surface area contributed by atoms with Crippen LogP contribution in [0.1, 0.15) is 32.6 Å². The van der Waals surface area contributed by atoms with Gasteiger partial charge in [-0.25, -0.2) is 0 Å². The van der Waals surface area contributed by atoms with Crippen LogP contribution < -0.4 is 0 Å². The lowest BCUT2D eigenvalue weighted by atomic mass is 10.2. The number of ether oxygens (including phenoxy) is 2. The summed E-state index contributed by atoms with van der Waals surface area (Å²) in [6.07, 6.45) is 3.24. The molecule has 0 aliphatic heterocycles. The van der Waals surface area contributed by atoms with Crippen molar-refractivity contribution in [2.45, 2.75) is 32.6 Å². The van der Waals surface area contributed by atoms with E-state index in [1.54, 1.807) is 7.11 Å². The van der Waals surface area contributed by atoms with E-state index in [0.29, 0.717) is 26.1 Å². The van der Waals surface area contributed by atoms with Crippen molar-refractivity contribution in [2.75, 3.05) is 26.9 Å². The number of ketones is 1. The Morgan fingerprint density at radius 3 is 2.46 bits per heavy atom. The highest BCUT2D eigenvalue weighted by Crippen LogP contribution is 1.93. The van der Waals surface area contributed by atoms with Crippen LogP contribution in [0.3, 0.4) is 0 Å². The highest BCUT2D eigenvalue weighted by molar-refractivity contribution is 5.78. The van der Waals surface area contributed by atoms with Crippen LogP contribution in [0.2, 0.25) is 0 Å². The van der Waals surface area contributed by atoms with E-state index < -0.39 is 0 Å². The lowest BCUT2D eigenvalue weighted by Crippen LogP contribution is -2.07. The van der Waals surface area contributed by atoms with Crippen LogP contribution in [-0.4, -0.2) is 32.7 Å². The first-order valence-corrected chi connectivity index (χ1v) is 4.89. The minimum Gasteiger partial charge on any atom is -0.384 e. The van der Waals surface area contributed by atoms with Gasteiger partial charge in [0.15, 0.2) is 0 Å². The minimum absolute atomic E-state index is 0.221. The standard InChI is InChI=1S/C10H20O3/c1-3-4-7-13-9-6-10(11)5-8-12-2/h3-9H2,1-2H3. The molecule has 0 amide bonds. The number of unbranched alkanes of at least 4 members (excludes halogenated alkanes) is 1. The molecule has 0 rings (SSSR count). The van der Waals surface area contributed by atoms with Crippen LogP contribution in [0.15, 0.2) is 0 Å². The Hall–Kier alpha value is -0.410. The van der Waals surface area contributed by atoms with Gasteiger partial charge in [0.25, 0.3) is 0 Å². The predicted octanol–water partition coefficient (Wildman–Crippen LogP) is 1.80. The lowest BCUT2D eigenvalue weighted by molar-refractivity contribution is -0.121. The van der Waals surface area contributed by atoms with E-state index in [-0.39, 0.29) is 5.78 Å². The average molecular weight is 188 g/mol. The predicted molar refractivity (Wildman–Crippen MR) is 51.8 cm³/mol. The fourth-order valence-corrected chi connectivity index (χ4v) is 0.875. The molecule has 0 heterocycles. The molecule has 3 nitrogen and oxygen atoms in total. The van der Waals surface area contributed by atoms with Gasteiger partial charge in [-0.1, -0.05) is 13.3 Å². The first-order valence-electron chi connectivity index (χ1n) is 4.89. The molecular weight excluding hydrogens is 168 g/mol. The summed E-state index contributed by atoms with van der Waals surface area (Å²) < 4.78 is 10.1. The van der Waals surface area contributed by atoms with Gasteiger partial charge in [0.2, 0.25) is 0 Å². The van der Waals surface area contributed by atoms with Gasteiger partial charge >= 0.3 is 0 Å². The number of methoxy groups -OCH3 is 1. The molecule has 0 aromatic rings. The Labute approximate surface area is 80.4 Å². The third-order valence-electron chi connectivity index (χ3n) is 1.75. The normalized spacial score (nSPS) is 10.3. The van der Waals surface area contributed by atoms with Gasteiger partial charge in [-0.2, -0.15) is 0 Å². The third-order valence-corrected chi connectivity index (χ3v) is 1.75. The van der Waals surface area contributed by atoms with Gasteiger partial charge in [0, 0.05) is 26.6 Å². The van der Waals surface area contributed by atoms with Crippen LogP contribution >= 0.6 is 0 Å². The number of rotatable bonds is 9. The van der Waals surface area contributed by atoms with Gasteiger partial charge in [0.1, 0.15) is 5.78 Å². The Morgan fingerprint density at radius 1 is 1.15 bits per heavy atom. The first kappa shape index (κ1) is 12.6. The van der Waals surface area contributed by atoms with Gasteiger partial charge in [0.05, 0.1) is 13.2 Å². The summed E-state index contributed by atoms with van der Waals surface area (Å²) in [6.45, 7) is 3.97. The highest BCUT2D eigenvalue weighted by atomic mass is 16.5. The molecule has 78 valence electrons. The van der Waals surface area contributed by atoms with E-state index >= 15 is 0 Å². The molecule has 0 aliphatic carbocycles. The summed E-state index contributed by atoms with van der Waals surface area (Å²) in [5.74, 6) is 0.221. The van der Waals surface area contributed by atoms with E-state index in [1.165, 1.54) is 0 Å². The minimum atomic E-state index is 0.221. The Bertz CT molecular complexity index is 123. The maximum atomic E-state index is 11.1. The fourth-order valence-electron chi connectivity index (χ4n) is 0.875. The lowest BCUT2D eigenvalue weighted by Gasteiger charge is -2.02. The second-order valence-electron chi connectivity index (χ2n) is 3.00. The number of carbonyl (C=O) groups excluding carboxylic acids is 1. The fraction of sp³-hybridized carbons (Fsp3) is 0.900.